The van der Waals surface area contributed by atoms with Crippen LogP contribution in [0, 0.1) is 5.92 Å². The fourth-order valence-electron chi connectivity index (χ4n) is 3.54. The Balaban J connectivity index is 2.95. The Labute approximate surface area is 227 Å². The number of rotatable bonds is 15. The molecule has 8 atom stereocenters. The van der Waals surface area contributed by atoms with Gasteiger partial charge in [-0.2, -0.15) is 4.31 Å². The second-order valence-electron chi connectivity index (χ2n) is 9.35. The van der Waals surface area contributed by atoms with E-state index in [1.54, 1.807) is 0 Å². The standard InChI is InChI=1S/C22H39NO14P2/c1-13(2)8-7-9-14(3)10-11-33-38(28,29)37-39(30,31)36-22-19(23-15(4)24)20(27)21(34-17(6)26)18(35-22)12-32-16(5)25/h8,14,18-22,27H,7,9-12H2,1-6H3,(H,23,24)(H,28,29)(H,30,31)/t14?,18-,19-,20-,21-,22-/m1/s1. The Hall–Kier alpha value is -1.67. The minimum atomic E-state index is -5.44. The van der Waals surface area contributed by atoms with Crippen molar-refractivity contribution >= 4 is 33.5 Å². The number of amides is 1. The third-order valence-electron chi connectivity index (χ3n) is 5.32. The van der Waals surface area contributed by atoms with Crippen molar-refractivity contribution in [2.75, 3.05) is 13.2 Å². The zero-order chi connectivity index (χ0) is 30.0. The van der Waals surface area contributed by atoms with Crippen LogP contribution in [-0.2, 0) is 51.1 Å². The van der Waals surface area contributed by atoms with E-state index in [1.165, 1.54) is 5.57 Å². The van der Waals surface area contributed by atoms with Crippen molar-refractivity contribution in [3.8, 4) is 0 Å². The van der Waals surface area contributed by atoms with Crippen LogP contribution in [0.2, 0.25) is 0 Å². The first-order valence-corrected chi connectivity index (χ1v) is 15.2. The minimum absolute atomic E-state index is 0.118. The SMILES string of the molecule is CC(=O)N[C@H]1[C@@H](OP(=O)(O)OP(=O)(O)OCCC(C)CCC=C(C)C)O[C@H](COC(C)=O)[C@@H](OC(C)=O)[C@@H]1O. The van der Waals surface area contributed by atoms with E-state index in [0.29, 0.717) is 6.42 Å². The van der Waals surface area contributed by atoms with E-state index in [9.17, 15) is 38.4 Å². The summed E-state index contributed by atoms with van der Waals surface area (Å²) in [5.41, 5.74) is 1.17. The van der Waals surface area contributed by atoms with Gasteiger partial charge in [0, 0.05) is 20.8 Å². The highest BCUT2D eigenvalue weighted by Gasteiger charge is 2.51. The van der Waals surface area contributed by atoms with Crippen LogP contribution < -0.4 is 5.32 Å². The molecular formula is C22H39NO14P2. The van der Waals surface area contributed by atoms with Gasteiger partial charge in [-0.1, -0.05) is 18.6 Å². The van der Waals surface area contributed by atoms with E-state index >= 15 is 0 Å². The normalized spacial score (nSPS) is 26.8. The first-order chi connectivity index (χ1) is 17.9. The van der Waals surface area contributed by atoms with Crippen molar-refractivity contribution in [1.29, 1.82) is 0 Å². The molecule has 1 aliphatic heterocycles. The van der Waals surface area contributed by atoms with Gasteiger partial charge in [-0.15, -0.1) is 0 Å². The number of hydrogen-bond donors (Lipinski definition) is 4. The predicted molar refractivity (Wildman–Crippen MR) is 135 cm³/mol. The van der Waals surface area contributed by atoms with E-state index in [4.69, 9.17) is 23.3 Å². The van der Waals surface area contributed by atoms with Crippen LogP contribution >= 0.6 is 15.6 Å². The van der Waals surface area contributed by atoms with Gasteiger partial charge in [-0.05, 0) is 39.0 Å². The summed E-state index contributed by atoms with van der Waals surface area (Å²) in [5.74, 6) is -2.22. The molecule has 1 rings (SSSR count). The molecule has 0 aromatic carbocycles. The van der Waals surface area contributed by atoms with Gasteiger partial charge in [-0.25, -0.2) is 9.13 Å². The number of aliphatic hydroxyl groups is 1. The van der Waals surface area contributed by atoms with Gasteiger partial charge in [0.05, 0.1) is 6.61 Å². The molecule has 17 heteroatoms. The maximum absolute atomic E-state index is 12.6. The number of nitrogens with one attached hydrogen (secondary N) is 1. The zero-order valence-electron chi connectivity index (χ0n) is 22.8. The summed E-state index contributed by atoms with van der Waals surface area (Å²) >= 11 is 0. The van der Waals surface area contributed by atoms with E-state index in [-0.39, 0.29) is 12.5 Å². The third kappa shape index (κ3) is 14.0. The van der Waals surface area contributed by atoms with E-state index < -0.39 is 70.7 Å². The topological polar surface area (TPSA) is 213 Å². The lowest BCUT2D eigenvalue weighted by molar-refractivity contribution is -0.255. The van der Waals surface area contributed by atoms with Crippen LogP contribution in [0.3, 0.4) is 0 Å². The molecule has 1 amide bonds. The molecular weight excluding hydrogens is 564 g/mol. The van der Waals surface area contributed by atoms with Crippen LogP contribution in [0.15, 0.2) is 11.6 Å². The molecule has 0 aromatic heterocycles. The molecule has 1 saturated heterocycles. The summed E-state index contributed by atoms with van der Waals surface area (Å²) in [6.07, 6.45) is -2.67. The van der Waals surface area contributed by atoms with Crippen LogP contribution in [0.5, 0.6) is 0 Å². The second-order valence-corrected chi connectivity index (χ2v) is 12.3. The van der Waals surface area contributed by atoms with Gasteiger partial charge >= 0.3 is 27.6 Å². The molecule has 1 heterocycles. The smallest absolute Gasteiger partial charge is 0.463 e. The molecule has 0 spiro atoms. The Morgan fingerprint density at radius 3 is 2.21 bits per heavy atom. The van der Waals surface area contributed by atoms with Crippen LogP contribution in [0.4, 0.5) is 0 Å². The van der Waals surface area contributed by atoms with Gasteiger partial charge in [0.25, 0.3) is 0 Å². The Bertz CT molecular complexity index is 966. The van der Waals surface area contributed by atoms with Gasteiger partial charge in [0.15, 0.2) is 12.4 Å². The number of carbonyl (C=O) groups excluding carboxylic acids is 3. The summed E-state index contributed by atoms with van der Waals surface area (Å²) in [6, 6.07) is -1.62. The molecule has 39 heavy (non-hydrogen) atoms. The van der Waals surface area contributed by atoms with Crippen molar-refractivity contribution in [1.82, 2.24) is 5.32 Å². The second kappa shape index (κ2) is 15.9. The molecule has 0 radical (unpaired) electrons. The molecule has 0 bridgehead atoms. The number of phosphoric ester groups is 2. The minimum Gasteiger partial charge on any atom is -0.463 e. The van der Waals surface area contributed by atoms with Crippen LogP contribution in [-0.4, -0.2) is 76.6 Å². The highest BCUT2D eigenvalue weighted by Crippen LogP contribution is 2.61. The fraction of sp³-hybridized carbons (Fsp3) is 0.773. The van der Waals surface area contributed by atoms with E-state index in [2.05, 4.69) is 15.7 Å². The Kier molecular flexibility index (Phi) is 14.5. The van der Waals surface area contributed by atoms with Crippen LogP contribution in [0.25, 0.3) is 0 Å². The number of allylic oxidation sites excluding steroid dienone is 2. The van der Waals surface area contributed by atoms with Crippen molar-refractivity contribution < 1.29 is 66.0 Å². The highest BCUT2D eigenvalue weighted by molar-refractivity contribution is 7.61. The first-order valence-electron chi connectivity index (χ1n) is 12.2. The maximum Gasteiger partial charge on any atom is 0.483 e. The number of aliphatic hydroxyl groups excluding tert-OH is 1. The molecule has 1 fully saturated rings. The highest BCUT2D eigenvalue weighted by atomic mass is 31.3. The molecule has 4 N–H and O–H groups in total. The van der Waals surface area contributed by atoms with Gasteiger partial charge < -0.3 is 34.4 Å². The molecule has 3 unspecified atom stereocenters. The molecule has 0 aliphatic carbocycles. The third-order valence-corrected chi connectivity index (χ3v) is 7.95. The number of esters is 2. The van der Waals surface area contributed by atoms with Crippen LogP contribution in [0.1, 0.15) is 60.8 Å². The lowest BCUT2D eigenvalue weighted by Crippen LogP contribution is -2.65. The predicted octanol–water partition coefficient (Wildman–Crippen LogP) is 2.09. The summed E-state index contributed by atoms with van der Waals surface area (Å²) in [7, 11) is -10.6. The van der Waals surface area contributed by atoms with Crippen molar-refractivity contribution in [2.45, 2.75) is 91.4 Å². The molecule has 0 aromatic rings. The Morgan fingerprint density at radius 1 is 1.03 bits per heavy atom. The average Bonchev–Trinajstić information content (AvgIpc) is 2.75. The van der Waals surface area contributed by atoms with E-state index in [1.807, 2.05) is 20.8 Å². The summed E-state index contributed by atoms with van der Waals surface area (Å²) in [6.45, 7) is 8.18. The van der Waals surface area contributed by atoms with E-state index in [0.717, 1.165) is 33.6 Å². The zero-order valence-corrected chi connectivity index (χ0v) is 24.6. The number of ether oxygens (including phenoxy) is 3. The van der Waals surface area contributed by atoms with Gasteiger partial charge in [0.1, 0.15) is 24.9 Å². The lowest BCUT2D eigenvalue weighted by Gasteiger charge is -2.43. The number of carbonyl (C=O) groups is 3. The summed E-state index contributed by atoms with van der Waals surface area (Å²) in [4.78, 5) is 54.7. The molecule has 0 saturated carbocycles. The largest absolute Gasteiger partial charge is 0.483 e. The van der Waals surface area contributed by atoms with Crippen molar-refractivity contribution in [3.05, 3.63) is 11.6 Å². The maximum atomic E-state index is 12.6. The van der Waals surface area contributed by atoms with Gasteiger partial charge in [0.2, 0.25) is 5.91 Å². The number of phosphoric acid groups is 2. The monoisotopic (exact) mass is 603 g/mol. The summed E-state index contributed by atoms with van der Waals surface area (Å²) < 4.78 is 54.3. The quantitative estimate of drug-likeness (QED) is 0.120. The van der Waals surface area contributed by atoms with Gasteiger partial charge in [-0.3, -0.25) is 23.4 Å². The van der Waals surface area contributed by atoms with Crippen molar-refractivity contribution in [2.24, 2.45) is 5.92 Å². The molecule has 226 valence electrons. The molecule has 1 aliphatic rings. The Morgan fingerprint density at radius 2 is 1.67 bits per heavy atom. The van der Waals surface area contributed by atoms with Crippen molar-refractivity contribution in [3.63, 3.8) is 0 Å². The lowest BCUT2D eigenvalue weighted by atomic mass is 9.96. The fourth-order valence-corrected chi connectivity index (χ4v) is 5.71. The first kappa shape index (κ1) is 35.4. The number of hydrogen-bond acceptors (Lipinski definition) is 12. The average molecular weight is 603 g/mol. The molecule has 15 nitrogen and oxygen atoms in total. The summed E-state index contributed by atoms with van der Waals surface area (Å²) in [5, 5.41) is 13.0.